The summed E-state index contributed by atoms with van der Waals surface area (Å²) < 4.78 is 12.4. The largest absolute Gasteiger partial charge is 0.501 e. The number of H-pyrrole nitrogens is 1. The summed E-state index contributed by atoms with van der Waals surface area (Å²) in [5, 5.41) is 20.2. The number of likely N-dealkylation sites (tertiary alicyclic amines) is 1. The number of methoxy groups -OCH3 is 2. The van der Waals surface area contributed by atoms with Crippen molar-refractivity contribution in [2.24, 2.45) is 17.8 Å². The van der Waals surface area contributed by atoms with Crippen molar-refractivity contribution < 1.29 is 33.8 Å². The van der Waals surface area contributed by atoms with Crippen LogP contribution >= 0.6 is 22.9 Å². The van der Waals surface area contributed by atoms with Crippen LogP contribution in [0.15, 0.2) is 96.8 Å². The number of aliphatic hydroxyl groups is 1. The Kier molecular flexibility index (Phi) is 15.3. The van der Waals surface area contributed by atoms with E-state index in [1.54, 1.807) is 29.1 Å². The molecule has 0 unspecified atom stereocenters. The second-order valence-corrected chi connectivity index (χ2v) is 19.3. The Balaban J connectivity index is 1.09. The summed E-state index contributed by atoms with van der Waals surface area (Å²) in [6.45, 7) is 10.1. The van der Waals surface area contributed by atoms with Crippen LogP contribution in [0.4, 0.5) is 4.79 Å². The zero-order chi connectivity index (χ0) is 49.8. The molecule has 4 atom stereocenters. The van der Waals surface area contributed by atoms with E-state index in [9.17, 15) is 24.3 Å². The number of benzene rings is 4. The van der Waals surface area contributed by atoms with Gasteiger partial charge in [0.05, 0.1) is 84.1 Å². The number of alkyl carbamates (subject to hydrolysis) is 1. The molecule has 364 valence electrons. The lowest BCUT2D eigenvalue weighted by Crippen LogP contribution is -2.52. The maximum Gasteiger partial charge on any atom is 0.407 e. The molecular formula is C54H59IN8O7. The molecule has 15 nitrogen and oxygen atoms in total. The van der Waals surface area contributed by atoms with Gasteiger partial charge >= 0.3 is 6.09 Å². The number of carbonyl (C=O) groups excluding carboxylic acids is 4. The van der Waals surface area contributed by atoms with Gasteiger partial charge in [-0.05, 0) is 83.8 Å². The molecule has 2 aromatic heterocycles. The average molecular weight is 1060 g/mol. The highest BCUT2D eigenvalue weighted by molar-refractivity contribution is 14.1. The van der Waals surface area contributed by atoms with Crippen molar-refractivity contribution in [3.63, 3.8) is 0 Å². The Hall–Kier alpha value is -6.71. The molecule has 70 heavy (non-hydrogen) atoms. The first kappa shape index (κ1) is 49.7. The fraction of sp³-hybridized carbons (Fsp3) is 0.370. The maximum atomic E-state index is 14.8. The van der Waals surface area contributed by atoms with Crippen LogP contribution < -0.4 is 10.6 Å². The van der Waals surface area contributed by atoms with Gasteiger partial charge in [0, 0.05) is 42.1 Å². The molecule has 3 heterocycles. The molecule has 1 aliphatic carbocycles. The first-order chi connectivity index (χ1) is 33.8. The van der Waals surface area contributed by atoms with Crippen LogP contribution in [0.2, 0.25) is 0 Å². The van der Waals surface area contributed by atoms with Crippen LogP contribution in [-0.2, 0) is 30.4 Å². The summed E-state index contributed by atoms with van der Waals surface area (Å²) >= 11 is 2.28. The smallest absolute Gasteiger partial charge is 0.407 e. The Labute approximate surface area is 421 Å². The topological polar surface area (TPSA) is 184 Å². The number of halogens is 1. The molecular weight excluding hydrogens is 1000 g/mol. The van der Waals surface area contributed by atoms with Gasteiger partial charge in [-0.2, -0.15) is 0 Å². The molecule has 8 rings (SSSR count). The number of allylic oxidation sites excluding steroid dienone is 3. The van der Waals surface area contributed by atoms with Gasteiger partial charge in [-0.1, -0.05) is 81.5 Å². The molecule has 4 aromatic carbocycles. The monoisotopic (exact) mass is 1060 g/mol. The quantitative estimate of drug-likeness (QED) is 0.0301. The molecule has 1 saturated heterocycles. The lowest BCUT2D eigenvalue weighted by atomic mass is 9.84. The van der Waals surface area contributed by atoms with Crippen molar-refractivity contribution >= 4 is 90.3 Å². The van der Waals surface area contributed by atoms with E-state index in [4.69, 9.17) is 25.9 Å². The van der Waals surface area contributed by atoms with Crippen LogP contribution in [-0.4, -0.2) is 102 Å². The predicted octanol–water partition coefficient (Wildman–Crippen LogP) is 8.65. The van der Waals surface area contributed by atoms with E-state index in [1.807, 2.05) is 47.8 Å². The minimum absolute atomic E-state index is 0.153. The second-order valence-electron chi connectivity index (χ2n) is 18.4. The third-order valence-corrected chi connectivity index (χ3v) is 14.7. The number of fused-ring (bicyclic) bond motifs is 6. The number of aliphatic hydroxyl groups excluding tert-OH is 1. The highest BCUT2D eigenvalue weighted by Gasteiger charge is 2.44. The molecule has 0 spiro atoms. The fourth-order valence-corrected chi connectivity index (χ4v) is 10.5. The van der Waals surface area contributed by atoms with E-state index in [-0.39, 0.29) is 48.6 Å². The normalized spacial score (nSPS) is 17.2. The number of rotatable bonds is 17. The number of ether oxygens (including phenoxy) is 2. The molecule has 0 radical (unpaired) electrons. The number of terminal acetylenes is 1. The summed E-state index contributed by atoms with van der Waals surface area (Å²) in [6, 6.07) is 18.4. The van der Waals surface area contributed by atoms with Crippen LogP contribution in [0.5, 0.6) is 0 Å². The number of imidazole rings is 2. The van der Waals surface area contributed by atoms with Crippen molar-refractivity contribution in [1.82, 2.24) is 38.2 Å². The Morgan fingerprint density at radius 1 is 0.986 bits per heavy atom. The number of aromatic nitrogens is 4. The number of nitrogens with one attached hydrogen (secondary N) is 3. The highest BCUT2D eigenvalue weighted by atomic mass is 127. The summed E-state index contributed by atoms with van der Waals surface area (Å²) in [7, 11) is 2.84. The van der Waals surface area contributed by atoms with Gasteiger partial charge in [-0.25, -0.2) is 14.8 Å². The summed E-state index contributed by atoms with van der Waals surface area (Å²) in [4.78, 5) is 70.9. The average Bonchev–Trinajstić information content (AvgIpc) is 4.07. The number of amides is 4. The molecule has 4 amide bonds. The SMILES string of the molecule is C#CCCN(Cc1nc2ccc3cc(-c4ccc5c(ccc6nc([C@@H]7C[C@H](C(=C)OC)CN7C(=O)[C@H](NC(=O)C7CCC7)/C(=C/C=C\C)CO)n(I)c65)c4)ccc3c2[nH]1)C(=O)[C@@H](NC(=O)OC)C(C)C. The number of aromatic amines is 1. The predicted molar refractivity (Wildman–Crippen MR) is 280 cm³/mol. The Bertz CT molecular complexity index is 3110. The van der Waals surface area contributed by atoms with Crippen molar-refractivity contribution in [3.05, 3.63) is 108 Å². The van der Waals surface area contributed by atoms with Crippen molar-refractivity contribution in [3.8, 4) is 23.5 Å². The Morgan fingerprint density at radius 2 is 1.69 bits per heavy atom. The van der Waals surface area contributed by atoms with Gasteiger partial charge in [-0.15, -0.1) is 12.3 Å². The van der Waals surface area contributed by atoms with Crippen molar-refractivity contribution in [2.45, 2.75) is 77.5 Å². The zero-order valence-corrected chi connectivity index (χ0v) is 42.3. The third kappa shape index (κ3) is 10.00. The summed E-state index contributed by atoms with van der Waals surface area (Å²) in [6.07, 6.45) is 13.6. The van der Waals surface area contributed by atoms with E-state index in [0.717, 1.165) is 74.0 Å². The van der Waals surface area contributed by atoms with Crippen molar-refractivity contribution in [2.75, 3.05) is 33.9 Å². The third-order valence-electron chi connectivity index (χ3n) is 13.7. The molecule has 2 aliphatic rings. The standard InChI is InChI=1S/C54H59IN8O7/c1-8-10-13-38(30-64)47(59-51(65)33-14-12-15-33)53(67)62-28-39(32(5)69-6)27-44(62)50-57-43-23-19-37-26-35(17-21-41(37)49(43)63(50)55)34-16-20-40-36(25-34)18-22-42-48(40)58-45(56-42)29-61(24-11-9-2)52(66)46(31(3)4)60-54(68)70-7/h2,8,10,13,16-23,25-26,31,33,39,44,46-47,64H,5,11-12,14-15,24,27-30H2,1,3-4,6-7H3,(H,56,58)(H,59,65)(H,60,68)/b10-8-,38-13+/t39-,44-,46-,47+/m0/s1. The van der Waals surface area contributed by atoms with Gasteiger partial charge in [0.1, 0.15) is 23.7 Å². The lowest BCUT2D eigenvalue weighted by molar-refractivity contribution is -0.138. The summed E-state index contributed by atoms with van der Waals surface area (Å²) in [5.74, 6) is 3.13. The second kappa shape index (κ2) is 21.5. The van der Waals surface area contributed by atoms with Gasteiger partial charge in [0.15, 0.2) is 0 Å². The Morgan fingerprint density at radius 3 is 2.31 bits per heavy atom. The van der Waals surface area contributed by atoms with E-state index in [0.29, 0.717) is 42.4 Å². The first-order valence-corrected chi connectivity index (χ1v) is 24.6. The van der Waals surface area contributed by atoms with E-state index >= 15 is 0 Å². The van der Waals surface area contributed by atoms with Gasteiger partial charge in [0.25, 0.3) is 0 Å². The molecule has 0 bridgehead atoms. The van der Waals surface area contributed by atoms with Crippen LogP contribution in [0, 0.1) is 30.1 Å². The number of hydrogen-bond acceptors (Lipinski definition) is 9. The number of hydrogen-bond donors (Lipinski definition) is 4. The number of nitrogens with zero attached hydrogens (tertiary/aromatic N) is 5. The van der Waals surface area contributed by atoms with Gasteiger partial charge in [0.2, 0.25) is 17.7 Å². The number of carbonyl (C=O) groups is 4. The minimum Gasteiger partial charge on any atom is -0.501 e. The minimum atomic E-state index is -1.06. The lowest BCUT2D eigenvalue weighted by Gasteiger charge is -2.32. The van der Waals surface area contributed by atoms with Gasteiger partial charge in [-0.3, -0.25) is 17.2 Å². The molecule has 6 aromatic rings. The van der Waals surface area contributed by atoms with Crippen LogP contribution in [0.3, 0.4) is 0 Å². The molecule has 1 aliphatic heterocycles. The molecule has 2 fully saturated rings. The maximum absolute atomic E-state index is 14.8. The van der Waals surface area contributed by atoms with E-state index in [1.165, 1.54) is 7.11 Å². The zero-order valence-electron chi connectivity index (χ0n) is 40.1. The van der Waals surface area contributed by atoms with E-state index in [2.05, 4.69) is 93.4 Å². The van der Waals surface area contributed by atoms with Crippen LogP contribution in [0.25, 0.3) is 54.7 Å². The highest BCUT2D eigenvalue weighted by Crippen LogP contribution is 2.42. The molecule has 1 saturated carbocycles. The fourth-order valence-electron chi connectivity index (χ4n) is 9.52. The van der Waals surface area contributed by atoms with Crippen molar-refractivity contribution in [1.29, 1.82) is 0 Å². The first-order valence-electron chi connectivity index (χ1n) is 23.6. The van der Waals surface area contributed by atoms with Gasteiger partial charge < -0.3 is 40.0 Å². The summed E-state index contributed by atoms with van der Waals surface area (Å²) in [5.41, 5.74) is 5.74. The van der Waals surface area contributed by atoms with Crippen LogP contribution in [0.1, 0.15) is 70.6 Å². The molecule has 4 N–H and O–H groups in total. The van der Waals surface area contributed by atoms with E-state index < -0.39 is 30.8 Å². The molecule has 16 heteroatoms.